The van der Waals surface area contributed by atoms with Crippen LogP contribution in [-0.2, 0) is 30.4 Å². The van der Waals surface area contributed by atoms with Gasteiger partial charge in [-0.1, -0.05) is 0 Å². The zero-order valence-corrected chi connectivity index (χ0v) is 22.3. The van der Waals surface area contributed by atoms with E-state index in [2.05, 4.69) is 30.9 Å². The number of carbonyl (C=O) groups excluding carboxylic acids is 4. The normalized spacial score (nSPS) is 13.8. The highest BCUT2D eigenvalue weighted by Gasteiger charge is 2.31. The van der Waals surface area contributed by atoms with Crippen LogP contribution >= 0.6 is 0 Å². The lowest BCUT2D eigenvalue weighted by Gasteiger charge is -2.25. The van der Waals surface area contributed by atoms with Gasteiger partial charge in [-0.05, 0) is 45.1 Å². The van der Waals surface area contributed by atoms with E-state index in [0.29, 0.717) is 31.5 Å². The van der Waals surface area contributed by atoms with Crippen LogP contribution in [0.5, 0.6) is 0 Å². The minimum Gasteiger partial charge on any atom is -0.480 e. The summed E-state index contributed by atoms with van der Waals surface area (Å²) in [5.74, 6) is -4.27. The highest BCUT2D eigenvalue weighted by atomic mass is 16.4. The molecule has 17 heteroatoms. The third-order valence-corrected chi connectivity index (χ3v) is 5.79. The van der Waals surface area contributed by atoms with Gasteiger partial charge in [0.1, 0.15) is 18.1 Å². The number of primary amides is 1. The number of carboxylic acid groups (broad SMARTS) is 1. The Balaban J connectivity index is 3.01. The first kappa shape index (κ1) is 33.8. The predicted molar refractivity (Wildman–Crippen MR) is 145 cm³/mol. The van der Waals surface area contributed by atoms with Crippen LogP contribution in [0.1, 0.15) is 50.6 Å². The zero-order valence-electron chi connectivity index (χ0n) is 22.3. The number of carbonyl (C=O) groups is 5. The van der Waals surface area contributed by atoms with E-state index in [1.54, 1.807) is 0 Å². The number of carboxylic acids is 1. The molecular formula is C23H41N11O6. The molecule has 4 atom stereocenters. The quantitative estimate of drug-likeness (QED) is 0.0414. The fourth-order valence-electron chi connectivity index (χ4n) is 3.60. The van der Waals surface area contributed by atoms with E-state index in [1.165, 1.54) is 12.5 Å². The summed E-state index contributed by atoms with van der Waals surface area (Å²) in [6, 6.07) is -4.72. The molecule has 0 aliphatic heterocycles. The number of amides is 4. The first-order valence-electron chi connectivity index (χ1n) is 12.8. The molecule has 4 amide bonds. The maximum Gasteiger partial charge on any atom is 0.326 e. The molecule has 0 aliphatic rings. The maximum absolute atomic E-state index is 13.2. The van der Waals surface area contributed by atoms with E-state index in [0.717, 1.165) is 0 Å². The Morgan fingerprint density at radius 2 is 1.55 bits per heavy atom. The summed E-state index contributed by atoms with van der Waals surface area (Å²) in [5, 5.41) is 17.0. The van der Waals surface area contributed by atoms with Gasteiger partial charge in [0.15, 0.2) is 5.96 Å². The van der Waals surface area contributed by atoms with Gasteiger partial charge in [0, 0.05) is 31.3 Å². The van der Waals surface area contributed by atoms with Crippen LogP contribution in [0.4, 0.5) is 0 Å². The predicted octanol–water partition coefficient (Wildman–Crippen LogP) is -3.73. The van der Waals surface area contributed by atoms with E-state index in [4.69, 9.17) is 28.7 Å². The first-order chi connectivity index (χ1) is 18.9. The Labute approximate surface area is 231 Å². The number of aromatic amines is 1. The number of unbranched alkanes of at least 4 members (excludes halogenated alkanes) is 1. The summed E-state index contributed by atoms with van der Waals surface area (Å²) < 4.78 is 0. The largest absolute Gasteiger partial charge is 0.480 e. The van der Waals surface area contributed by atoms with E-state index >= 15 is 0 Å². The number of aliphatic carboxylic acids is 1. The fraction of sp³-hybridized carbons (Fsp3) is 0.609. The number of nitrogens with two attached hydrogens (primary N) is 5. The summed E-state index contributed by atoms with van der Waals surface area (Å²) in [7, 11) is 0. The van der Waals surface area contributed by atoms with Crippen molar-refractivity contribution in [3.05, 3.63) is 18.2 Å². The fourth-order valence-corrected chi connectivity index (χ4v) is 3.60. The number of guanidine groups is 1. The molecule has 0 saturated heterocycles. The lowest BCUT2D eigenvalue weighted by atomic mass is 10.0. The van der Waals surface area contributed by atoms with Crippen molar-refractivity contribution in [3.8, 4) is 0 Å². The van der Waals surface area contributed by atoms with Crippen molar-refractivity contribution >= 4 is 35.6 Å². The lowest BCUT2D eigenvalue weighted by molar-refractivity contribution is -0.142. The first-order valence-corrected chi connectivity index (χ1v) is 12.8. The molecule has 4 unspecified atom stereocenters. The monoisotopic (exact) mass is 567 g/mol. The third-order valence-electron chi connectivity index (χ3n) is 5.79. The number of aliphatic imine (C=N–C) groups is 1. The van der Waals surface area contributed by atoms with Gasteiger partial charge in [0.25, 0.3) is 0 Å². The van der Waals surface area contributed by atoms with Crippen LogP contribution < -0.4 is 44.6 Å². The van der Waals surface area contributed by atoms with Gasteiger partial charge >= 0.3 is 5.97 Å². The standard InChI is InChI=1S/C23H41N11O6/c24-8-2-1-5-16(22(39)40)33-21(38)17(10-13-11-29-12-31-13)34-20(37)15(6-7-18(26)35)32-19(36)14(25)4-3-9-30-23(27)28/h11-12,14-17H,1-10,24-25H2,(H2,26,35)(H,29,31)(H,32,36)(H,33,38)(H,34,37)(H,39,40)(H4,27,28,30). The topological polar surface area (TPSA) is 313 Å². The number of hydrogen-bond acceptors (Lipinski definition) is 9. The van der Waals surface area contributed by atoms with Crippen molar-refractivity contribution in [2.75, 3.05) is 13.1 Å². The number of rotatable bonds is 20. The third kappa shape index (κ3) is 13.5. The molecule has 1 rings (SSSR count). The lowest BCUT2D eigenvalue weighted by Crippen LogP contribution is -2.57. The number of nitrogens with zero attached hydrogens (tertiary/aromatic N) is 2. The molecule has 1 aromatic heterocycles. The van der Waals surface area contributed by atoms with Gasteiger partial charge in [-0.2, -0.15) is 0 Å². The van der Waals surface area contributed by atoms with Gasteiger partial charge in [-0.25, -0.2) is 9.78 Å². The molecule has 0 aromatic carbocycles. The minimum atomic E-state index is -1.26. The molecule has 0 fully saturated rings. The van der Waals surface area contributed by atoms with Gasteiger partial charge in [-0.15, -0.1) is 0 Å². The van der Waals surface area contributed by atoms with Crippen molar-refractivity contribution in [3.63, 3.8) is 0 Å². The van der Waals surface area contributed by atoms with E-state index in [1.807, 2.05) is 0 Å². The van der Waals surface area contributed by atoms with Crippen LogP contribution in [0.15, 0.2) is 17.5 Å². The summed E-state index contributed by atoms with van der Waals surface area (Å²) in [4.78, 5) is 72.6. The highest BCUT2D eigenvalue weighted by molar-refractivity contribution is 5.94. The maximum atomic E-state index is 13.2. The summed E-state index contributed by atoms with van der Waals surface area (Å²) >= 11 is 0. The molecule has 0 saturated carbocycles. The molecule has 17 nitrogen and oxygen atoms in total. The molecule has 1 aromatic rings. The number of hydrogen-bond donors (Lipinski definition) is 10. The van der Waals surface area contributed by atoms with Crippen molar-refractivity contribution < 1.29 is 29.1 Å². The zero-order chi connectivity index (χ0) is 30.1. The molecule has 15 N–H and O–H groups in total. The molecule has 0 spiro atoms. The Morgan fingerprint density at radius 3 is 2.12 bits per heavy atom. The summed E-state index contributed by atoms with van der Waals surface area (Å²) in [6.07, 6.45) is 4.14. The molecule has 224 valence electrons. The Kier molecular flexibility index (Phi) is 15.3. The second-order valence-corrected chi connectivity index (χ2v) is 9.15. The van der Waals surface area contributed by atoms with E-state index in [9.17, 15) is 29.1 Å². The second kappa shape index (κ2) is 18.1. The average Bonchev–Trinajstić information content (AvgIpc) is 3.40. The molecular weight excluding hydrogens is 526 g/mol. The molecule has 40 heavy (non-hydrogen) atoms. The van der Waals surface area contributed by atoms with Gasteiger partial charge in [0.05, 0.1) is 12.4 Å². The number of H-pyrrole nitrogens is 1. The second-order valence-electron chi connectivity index (χ2n) is 9.15. The highest BCUT2D eigenvalue weighted by Crippen LogP contribution is 2.07. The van der Waals surface area contributed by atoms with Crippen LogP contribution in [0, 0.1) is 0 Å². The molecule has 0 aliphatic carbocycles. The Morgan fingerprint density at radius 1 is 0.900 bits per heavy atom. The van der Waals surface area contributed by atoms with Gasteiger partial charge < -0.3 is 54.7 Å². The van der Waals surface area contributed by atoms with Crippen LogP contribution in [0.2, 0.25) is 0 Å². The summed E-state index contributed by atoms with van der Waals surface area (Å²) in [5.41, 5.74) is 27.6. The molecule has 1 heterocycles. The van der Waals surface area contributed by atoms with Crippen molar-refractivity contribution in [2.45, 2.75) is 75.5 Å². The molecule has 0 bridgehead atoms. The smallest absolute Gasteiger partial charge is 0.326 e. The van der Waals surface area contributed by atoms with Crippen LogP contribution in [-0.4, -0.2) is 87.9 Å². The SMILES string of the molecule is NCCCCC(NC(=O)C(Cc1cnc[nH]1)NC(=O)C(CCC(N)=O)NC(=O)C(N)CCCN=C(N)N)C(=O)O. The average molecular weight is 568 g/mol. The van der Waals surface area contributed by atoms with Gasteiger partial charge in [-0.3, -0.25) is 24.2 Å². The molecule has 0 radical (unpaired) electrons. The van der Waals surface area contributed by atoms with E-state index in [-0.39, 0.29) is 44.6 Å². The number of imidazole rings is 1. The van der Waals surface area contributed by atoms with E-state index < -0.39 is 53.8 Å². The Bertz CT molecular complexity index is 997. The number of nitrogens with one attached hydrogen (secondary N) is 4. The van der Waals surface area contributed by atoms with Crippen molar-refractivity contribution in [2.24, 2.45) is 33.7 Å². The van der Waals surface area contributed by atoms with Crippen molar-refractivity contribution in [1.82, 2.24) is 25.9 Å². The van der Waals surface area contributed by atoms with Gasteiger partial charge in [0.2, 0.25) is 23.6 Å². The Hall–Kier alpha value is -4.25. The van der Waals surface area contributed by atoms with Crippen LogP contribution in [0.25, 0.3) is 0 Å². The van der Waals surface area contributed by atoms with Crippen molar-refractivity contribution in [1.29, 1.82) is 0 Å². The minimum absolute atomic E-state index is 0.0620. The summed E-state index contributed by atoms with van der Waals surface area (Å²) in [6.45, 7) is 0.625. The van der Waals surface area contributed by atoms with Crippen LogP contribution in [0.3, 0.4) is 0 Å². The number of aromatic nitrogens is 2.